The molecule has 0 fully saturated rings. The number of aliphatic carboxylic acids is 1. The average molecular weight is 455 g/mol. The number of carbonyl (C=O) groups is 3. The number of nitrogens with one attached hydrogen (secondary N) is 3. The Balaban J connectivity index is 2.67. The van der Waals surface area contributed by atoms with Crippen LogP contribution in [0, 0.1) is 11.8 Å². The summed E-state index contributed by atoms with van der Waals surface area (Å²) in [5.74, 6) is -2.75. The molecule has 0 saturated carbocycles. The van der Waals surface area contributed by atoms with Crippen molar-refractivity contribution in [3.63, 3.8) is 0 Å². The predicted molar refractivity (Wildman–Crippen MR) is 110 cm³/mol. The Morgan fingerprint density at radius 1 is 1.10 bits per heavy atom. The topological polar surface area (TPSA) is 160 Å². The lowest BCUT2D eigenvalue weighted by molar-refractivity contribution is -0.309. The molecule has 31 heavy (non-hydrogen) atoms. The van der Waals surface area contributed by atoms with Crippen LogP contribution in [-0.2, 0) is 25.5 Å². The molecule has 3 atom stereocenters. The molecule has 0 bridgehead atoms. The Labute approximate surface area is 182 Å². The Bertz CT molecular complexity index is 786. The number of hydrogen-bond acceptors (Lipinski definition) is 7. The fourth-order valence-corrected chi connectivity index (χ4v) is 3.79. The van der Waals surface area contributed by atoms with E-state index in [1.807, 2.05) is 6.07 Å². The van der Waals surface area contributed by atoms with Gasteiger partial charge in [0.2, 0.25) is 5.91 Å². The summed E-state index contributed by atoms with van der Waals surface area (Å²) in [6.07, 6.45) is -1.58. The minimum atomic E-state index is -4.43. The summed E-state index contributed by atoms with van der Waals surface area (Å²) in [5.41, 5.74) is 0.738. The summed E-state index contributed by atoms with van der Waals surface area (Å²) in [6.45, 7) is 6.73. The van der Waals surface area contributed by atoms with Gasteiger partial charge in [-0.2, -0.15) is 0 Å². The molecule has 0 radical (unpaired) electrons. The lowest BCUT2D eigenvalue weighted by atomic mass is 10.0. The van der Waals surface area contributed by atoms with Crippen molar-refractivity contribution < 1.29 is 33.7 Å². The van der Waals surface area contributed by atoms with Gasteiger partial charge in [-0.05, 0) is 23.8 Å². The molecule has 11 heteroatoms. The van der Waals surface area contributed by atoms with Gasteiger partial charge >= 0.3 is 6.09 Å². The lowest BCUT2D eigenvalue weighted by Crippen LogP contribution is -2.55. The second-order valence-electron chi connectivity index (χ2n) is 7.93. The van der Waals surface area contributed by atoms with E-state index in [1.165, 1.54) is 0 Å². The summed E-state index contributed by atoms with van der Waals surface area (Å²) in [7, 11) is -4.43. The zero-order valence-corrected chi connectivity index (χ0v) is 19.0. The number of ether oxygens (including phenoxy) is 1. The average Bonchev–Trinajstić information content (AvgIpc) is 2.68. The van der Waals surface area contributed by atoms with Gasteiger partial charge < -0.3 is 34.7 Å². The van der Waals surface area contributed by atoms with Gasteiger partial charge in [0.25, 0.3) is 0 Å². The van der Waals surface area contributed by atoms with Crippen molar-refractivity contribution >= 4 is 25.5 Å². The number of amides is 2. The first-order valence-electron chi connectivity index (χ1n) is 9.95. The SMILES string of the molecule is CC(C)C[C@H](NP(=O)([O-])CNC(=O)OCc1ccccc1)C(=O)N[C@H](C(=O)[O-])C(C)C. The molecule has 2 amide bonds. The third-order valence-corrected chi connectivity index (χ3v) is 5.52. The van der Waals surface area contributed by atoms with Crippen molar-refractivity contribution in [3.05, 3.63) is 35.9 Å². The van der Waals surface area contributed by atoms with E-state index in [-0.39, 0.29) is 18.9 Å². The lowest BCUT2D eigenvalue weighted by Gasteiger charge is -2.32. The second kappa shape index (κ2) is 12.4. The maximum absolute atomic E-state index is 12.5. The van der Waals surface area contributed by atoms with Crippen LogP contribution in [0.5, 0.6) is 0 Å². The van der Waals surface area contributed by atoms with Crippen molar-refractivity contribution in [1.29, 1.82) is 0 Å². The zero-order chi connectivity index (χ0) is 23.6. The van der Waals surface area contributed by atoms with Crippen LogP contribution in [0.15, 0.2) is 30.3 Å². The maximum atomic E-state index is 12.5. The molecular formula is C20H30N3O7P-2. The smallest absolute Gasteiger partial charge is 0.407 e. The molecule has 1 unspecified atom stereocenters. The van der Waals surface area contributed by atoms with Gasteiger partial charge in [-0.25, -0.2) is 4.79 Å². The van der Waals surface area contributed by atoms with E-state index >= 15 is 0 Å². The van der Waals surface area contributed by atoms with Gasteiger partial charge in [-0.1, -0.05) is 58.0 Å². The molecule has 0 aliphatic rings. The molecule has 1 rings (SSSR count). The normalized spacial score (nSPS) is 15.1. The van der Waals surface area contributed by atoms with Gasteiger partial charge in [0.15, 0.2) is 0 Å². The molecule has 0 aliphatic heterocycles. The van der Waals surface area contributed by atoms with Gasteiger partial charge in [0, 0.05) is 0 Å². The molecule has 174 valence electrons. The molecule has 10 nitrogen and oxygen atoms in total. The third-order valence-electron chi connectivity index (χ3n) is 4.24. The minimum absolute atomic E-state index is 0.0263. The van der Waals surface area contributed by atoms with Crippen LogP contribution in [0.3, 0.4) is 0 Å². The number of rotatable bonds is 12. The Morgan fingerprint density at radius 2 is 1.71 bits per heavy atom. The summed E-state index contributed by atoms with van der Waals surface area (Å²) < 4.78 is 17.4. The van der Waals surface area contributed by atoms with E-state index in [4.69, 9.17) is 4.74 Å². The number of hydrogen-bond donors (Lipinski definition) is 3. The van der Waals surface area contributed by atoms with Crippen LogP contribution < -0.4 is 25.7 Å². The number of carboxylic acids is 1. The van der Waals surface area contributed by atoms with E-state index < -0.39 is 49.8 Å². The predicted octanol–water partition coefficient (Wildman–Crippen LogP) is 0.319. The molecular weight excluding hydrogens is 425 g/mol. The first-order chi connectivity index (χ1) is 14.4. The van der Waals surface area contributed by atoms with Crippen LogP contribution in [0.25, 0.3) is 0 Å². The summed E-state index contributed by atoms with van der Waals surface area (Å²) in [4.78, 5) is 47.9. The van der Waals surface area contributed by atoms with Crippen LogP contribution in [0.4, 0.5) is 4.79 Å². The molecule has 1 aromatic rings. The molecule has 0 heterocycles. The monoisotopic (exact) mass is 455 g/mol. The molecule has 0 aliphatic carbocycles. The molecule has 0 aromatic heterocycles. The van der Waals surface area contributed by atoms with Crippen molar-refractivity contribution in [2.45, 2.75) is 52.8 Å². The van der Waals surface area contributed by atoms with Gasteiger partial charge in [0.05, 0.1) is 31.9 Å². The highest BCUT2D eigenvalue weighted by molar-refractivity contribution is 7.54. The molecule has 0 spiro atoms. The van der Waals surface area contributed by atoms with Crippen LogP contribution >= 0.6 is 7.52 Å². The van der Waals surface area contributed by atoms with Gasteiger partial charge in [0.1, 0.15) is 6.61 Å². The minimum Gasteiger partial charge on any atom is -0.787 e. The highest BCUT2D eigenvalue weighted by atomic mass is 31.2. The third kappa shape index (κ3) is 10.4. The van der Waals surface area contributed by atoms with Crippen molar-refractivity contribution in [1.82, 2.24) is 15.7 Å². The Morgan fingerprint density at radius 3 is 2.23 bits per heavy atom. The number of carbonyl (C=O) groups excluding carboxylic acids is 3. The van der Waals surface area contributed by atoms with Crippen molar-refractivity contribution in [2.24, 2.45) is 11.8 Å². The van der Waals surface area contributed by atoms with Gasteiger partial charge in [-0.15, -0.1) is 0 Å². The quantitative estimate of drug-likeness (QED) is 0.380. The van der Waals surface area contributed by atoms with E-state index in [0.29, 0.717) is 0 Å². The van der Waals surface area contributed by atoms with E-state index in [2.05, 4.69) is 15.7 Å². The maximum Gasteiger partial charge on any atom is 0.407 e. The van der Waals surface area contributed by atoms with E-state index in [0.717, 1.165) is 5.56 Å². The largest absolute Gasteiger partial charge is 0.787 e. The van der Waals surface area contributed by atoms with E-state index in [1.54, 1.807) is 52.0 Å². The van der Waals surface area contributed by atoms with Crippen LogP contribution in [0.1, 0.15) is 39.7 Å². The Hall–Kier alpha value is -2.42. The highest BCUT2D eigenvalue weighted by Gasteiger charge is 2.27. The second-order valence-corrected chi connectivity index (χ2v) is 9.85. The van der Waals surface area contributed by atoms with Crippen molar-refractivity contribution in [3.8, 4) is 0 Å². The Kier molecular flexibility index (Phi) is 10.7. The molecule has 1 aromatic carbocycles. The van der Waals surface area contributed by atoms with Crippen LogP contribution in [-0.4, -0.2) is 36.3 Å². The standard InChI is InChI=1S/C20H32N3O7P/c1-13(2)10-16(18(24)22-17(14(3)4)19(25)26)23-31(28,29)12-21-20(27)30-11-15-8-6-5-7-9-15/h5-9,13-14,16-17H,10-12H2,1-4H3,(H,21,27)(H,22,24)(H,25,26)(H2,23,28,29)/p-2/t16-,17-/m0/s1. The zero-order valence-electron chi connectivity index (χ0n) is 18.1. The fourth-order valence-electron chi connectivity index (χ4n) is 2.67. The highest BCUT2D eigenvalue weighted by Crippen LogP contribution is 2.30. The number of carboxylic acid groups (broad SMARTS) is 1. The van der Waals surface area contributed by atoms with E-state index in [9.17, 15) is 28.9 Å². The summed E-state index contributed by atoms with van der Waals surface area (Å²) in [6, 6.07) is 6.39. The first kappa shape index (κ1) is 26.6. The van der Waals surface area contributed by atoms with Crippen LogP contribution in [0.2, 0.25) is 0 Å². The van der Waals surface area contributed by atoms with Crippen molar-refractivity contribution in [2.75, 3.05) is 6.29 Å². The molecule has 0 saturated heterocycles. The number of alkyl carbamates (subject to hydrolysis) is 1. The summed E-state index contributed by atoms with van der Waals surface area (Å²) in [5, 5.41) is 17.9. The first-order valence-corrected chi connectivity index (χ1v) is 11.8. The van der Waals surface area contributed by atoms with Gasteiger partial charge in [-0.3, -0.25) is 9.88 Å². The number of benzene rings is 1. The summed E-state index contributed by atoms with van der Waals surface area (Å²) >= 11 is 0. The fraction of sp³-hybridized carbons (Fsp3) is 0.550. The molecule has 3 N–H and O–H groups in total.